The molecule has 0 aliphatic carbocycles. The average Bonchev–Trinajstić information content (AvgIpc) is 2.32. The first kappa shape index (κ1) is 16.4. The highest BCUT2D eigenvalue weighted by molar-refractivity contribution is 4.83. The van der Waals surface area contributed by atoms with Crippen LogP contribution in [0.2, 0.25) is 0 Å². The number of unbranched alkanes of at least 4 members (excludes halogenated alkanes) is 6. The second kappa shape index (κ2) is 13.5. The Balaban J connectivity index is 3.17. The van der Waals surface area contributed by atoms with Gasteiger partial charge in [-0.1, -0.05) is 57.3 Å². The van der Waals surface area contributed by atoms with Gasteiger partial charge in [0.1, 0.15) is 0 Å². The molecule has 0 aromatic heterocycles. The number of aliphatic hydroxyl groups excluding tert-OH is 1. The fraction of sp³-hybridized carbons (Fsp3) is 0.750. The topological polar surface area (TPSA) is 20.2 Å². The molecule has 1 nitrogen and oxygen atoms in total. The van der Waals surface area contributed by atoms with E-state index in [2.05, 4.69) is 25.7 Å². The zero-order chi connectivity index (χ0) is 12.8. The Morgan fingerprint density at radius 3 is 2.35 bits per heavy atom. The van der Waals surface area contributed by atoms with Crippen LogP contribution in [0.5, 0.6) is 0 Å². The fourth-order valence-corrected chi connectivity index (χ4v) is 1.88. The van der Waals surface area contributed by atoms with Crippen LogP contribution in [0.4, 0.5) is 0 Å². The van der Waals surface area contributed by atoms with Crippen molar-refractivity contribution in [3.05, 3.63) is 24.8 Å². The molecule has 0 aliphatic heterocycles. The van der Waals surface area contributed by atoms with Crippen molar-refractivity contribution in [1.29, 1.82) is 0 Å². The van der Waals surface area contributed by atoms with Crippen molar-refractivity contribution in [2.75, 3.05) is 0 Å². The van der Waals surface area contributed by atoms with Gasteiger partial charge >= 0.3 is 0 Å². The summed E-state index contributed by atoms with van der Waals surface area (Å²) in [5, 5.41) is 9.47. The lowest BCUT2D eigenvalue weighted by molar-refractivity contribution is 0.169. The second-order valence-electron chi connectivity index (χ2n) is 4.78. The van der Waals surface area contributed by atoms with Crippen molar-refractivity contribution < 1.29 is 5.11 Å². The molecule has 0 spiro atoms. The van der Waals surface area contributed by atoms with E-state index in [4.69, 9.17) is 0 Å². The largest absolute Gasteiger partial charge is 0.393 e. The van der Waals surface area contributed by atoms with E-state index in [1.807, 2.05) is 0 Å². The number of allylic oxidation sites excluding steroid dienone is 2. The maximum atomic E-state index is 9.47. The van der Waals surface area contributed by atoms with Gasteiger partial charge in [0, 0.05) is 0 Å². The predicted octanol–water partition coefficient (Wildman–Crippen LogP) is 5.01. The van der Waals surface area contributed by atoms with E-state index in [0.29, 0.717) is 6.42 Å². The molecule has 0 heterocycles. The summed E-state index contributed by atoms with van der Waals surface area (Å²) < 4.78 is 0. The van der Waals surface area contributed by atoms with Gasteiger partial charge in [0.05, 0.1) is 6.10 Å². The minimum absolute atomic E-state index is 0.203. The van der Waals surface area contributed by atoms with Gasteiger partial charge in [0.2, 0.25) is 0 Å². The van der Waals surface area contributed by atoms with Crippen LogP contribution in [0.1, 0.15) is 71.1 Å². The zero-order valence-corrected chi connectivity index (χ0v) is 11.5. The first-order valence-corrected chi connectivity index (χ1v) is 7.25. The summed E-state index contributed by atoms with van der Waals surface area (Å²) in [5.41, 5.74) is 0. The highest BCUT2D eigenvalue weighted by atomic mass is 16.3. The van der Waals surface area contributed by atoms with Crippen LogP contribution < -0.4 is 0 Å². The molecular formula is C16H30O. The minimum Gasteiger partial charge on any atom is -0.393 e. The third-order valence-corrected chi connectivity index (χ3v) is 3.00. The lowest BCUT2D eigenvalue weighted by atomic mass is 10.1. The molecule has 1 atom stereocenters. The Labute approximate surface area is 108 Å². The van der Waals surface area contributed by atoms with E-state index < -0.39 is 0 Å². The molecule has 17 heavy (non-hydrogen) atoms. The Bertz CT molecular complexity index is 184. The summed E-state index contributed by atoms with van der Waals surface area (Å²) in [6.45, 7) is 5.88. The molecule has 0 amide bonds. The number of rotatable bonds is 12. The minimum atomic E-state index is -0.203. The van der Waals surface area contributed by atoms with Gasteiger partial charge in [-0.05, 0) is 32.1 Å². The average molecular weight is 238 g/mol. The van der Waals surface area contributed by atoms with Crippen LogP contribution in [-0.4, -0.2) is 11.2 Å². The molecule has 0 bridgehead atoms. The van der Waals surface area contributed by atoms with E-state index in [9.17, 15) is 5.11 Å². The zero-order valence-electron chi connectivity index (χ0n) is 11.5. The van der Waals surface area contributed by atoms with Crippen LogP contribution in [0.15, 0.2) is 24.8 Å². The number of aliphatic hydroxyl groups is 1. The molecule has 1 unspecified atom stereocenters. The maximum Gasteiger partial charge on any atom is 0.0577 e. The highest BCUT2D eigenvalue weighted by Gasteiger charge is 1.97. The lowest BCUT2D eigenvalue weighted by Gasteiger charge is -2.04. The molecule has 0 rings (SSSR count). The Hall–Kier alpha value is -0.560. The summed E-state index contributed by atoms with van der Waals surface area (Å²) in [6.07, 6.45) is 18.0. The van der Waals surface area contributed by atoms with Gasteiger partial charge in [-0.25, -0.2) is 0 Å². The van der Waals surface area contributed by atoms with Gasteiger partial charge < -0.3 is 5.11 Å². The third kappa shape index (κ3) is 13.4. The molecule has 0 radical (unpaired) electrons. The Morgan fingerprint density at radius 1 is 1.00 bits per heavy atom. The Morgan fingerprint density at radius 2 is 1.65 bits per heavy atom. The van der Waals surface area contributed by atoms with Crippen LogP contribution in [0.3, 0.4) is 0 Å². The van der Waals surface area contributed by atoms with Crippen molar-refractivity contribution in [3.8, 4) is 0 Å². The van der Waals surface area contributed by atoms with Crippen LogP contribution in [-0.2, 0) is 0 Å². The molecule has 0 saturated heterocycles. The van der Waals surface area contributed by atoms with Gasteiger partial charge in [0.25, 0.3) is 0 Å². The van der Waals surface area contributed by atoms with Crippen molar-refractivity contribution in [3.63, 3.8) is 0 Å². The summed E-state index contributed by atoms with van der Waals surface area (Å²) in [6, 6.07) is 0. The molecular weight excluding hydrogens is 208 g/mol. The molecule has 0 saturated carbocycles. The summed E-state index contributed by atoms with van der Waals surface area (Å²) in [7, 11) is 0. The maximum absolute atomic E-state index is 9.47. The van der Waals surface area contributed by atoms with Crippen molar-refractivity contribution in [1.82, 2.24) is 0 Å². The molecule has 0 fully saturated rings. The summed E-state index contributed by atoms with van der Waals surface area (Å²) >= 11 is 0. The van der Waals surface area contributed by atoms with Gasteiger partial charge in [0.15, 0.2) is 0 Å². The summed E-state index contributed by atoms with van der Waals surface area (Å²) in [5.74, 6) is 0. The molecule has 0 aromatic rings. The SMILES string of the molecule is C=CCC(O)CC/C=C\CCCCCCCC. The van der Waals surface area contributed by atoms with E-state index in [0.717, 1.165) is 12.8 Å². The van der Waals surface area contributed by atoms with E-state index in [1.165, 1.54) is 44.9 Å². The number of hydrogen-bond acceptors (Lipinski definition) is 1. The lowest BCUT2D eigenvalue weighted by Crippen LogP contribution is -2.03. The summed E-state index contributed by atoms with van der Waals surface area (Å²) in [4.78, 5) is 0. The molecule has 0 aliphatic rings. The Kier molecular flexibility index (Phi) is 13.1. The predicted molar refractivity (Wildman–Crippen MR) is 77.2 cm³/mol. The fourth-order valence-electron chi connectivity index (χ4n) is 1.88. The molecule has 0 aromatic carbocycles. The van der Waals surface area contributed by atoms with Crippen LogP contribution >= 0.6 is 0 Å². The first-order valence-electron chi connectivity index (χ1n) is 7.25. The highest BCUT2D eigenvalue weighted by Crippen LogP contribution is 2.08. The van der Waals surface area contributed by atoms with Crippen LogP contribution in [0.25, 0.3) is 0 Å². The van der Waals surface area contributed by atoms with Gasteiger partial charge in [-0.2, -0.15) is 0 Å². The van der Waals surface area contributed by atoms with E-state index in [-0.39, 0.29) is 6.10 Å². The normalized spacial score (nSPS) is 13.1. The van der Waals surface area contributed by atoms with Crippen molar-refractivity contribution >= 4 is 0 Å². The number of hydrogen-bond donors (Lipinski definition) is 1. The molecule has 1 heteroatoms. The van der Waals surface area contributed by atoms with Crippen molar-refractivity contribution in [2.24, 2.45) is 0 Å². The standard InChI is InChI=1S/C16H30O/c1-3-5-6-7-8-9-10-11-12-13-15-16(17)14-4-2/h4,11-12,16-17H,2-3,5-10,13-15H2,1H3/b12-11-. The molecule has 1 N–H and O–H groups in total. The van der Waals surface area contributed by atoms with Gasteiger partial charge in [-0.3, -0.25) is 0 Å². The first-order chi connectivity index (χ1) is 8.31. The second-order valence-corrected chi connectivity index (χ2v) is 4.78. The monoisotopic (exact) mass is 238 g/mol. The smallest absolute Gasteiger partial charge is 0.0577 e. The van der Waals surface area contributed by atoms with Crippen molar-refractivity contribution in [2.45, 2.75) is 77.2 Å². The van der Waals surface area contributed by atoms with Gasteiger partial charge in [-0.15, -0.1) is 6.58 Å². The third-order valence-electron chi connectivity index (χ3n) is 3.00. The van der Waals surface area contributed by atoms with Crippen LogP contribution in [0, 0.1) is 0 Å². The van der Waals surface area contributed by atoms with E-state index in [1.54, 1.807) is 6.08 Å². The van der Waals surface area contributed by atoms with E-state index >= 15 is 0 Å². The quantitative estimate of drug-likeness (QED) is 0.374. The molecule has 100 valence electrons.